The van der Waals surface area contributed by atoms with E-state index in [1.165, 1.54) is 5.56 Å². The number of nitrogens with zero attached hydrogens (tertiary/aromatic N) is 1. The van der Waals surface area contributed by atoms with Crippen molar-refractivity contribution < 1.29 is 9.84 Å². The Hall–Kier alpha value is -1.34. The van der Waals surface area contributed by atoms with Gasteiger partial charge < -0.3 is 9.84 Å². The van der Waals surface area contributed by atoms with Crippen LogP contribution in [0.5, 0.6) is 0 Å². The molecule has 1 fully saturated rings. The second-order valence-corrected chi connectivity index (χ2v) is 4.83. The van der Waals surface area contributed by atoms with Gasteiger partial charge in [0, 0.05) is 32.3 Å². The predicted molar refractivity (Wildman–Crippen MR) is 75.7 cm³/mol. The lowest BCUT2D eigenvalue weighted by Gasteiger charge is -2.31. The van der Waals surface area contributed by atoms with Crippen LogP contribution in [0, 0.1) is 11.8 Å². The van der Waals surface area contributed by atoms with Crippen LogP contribution in [0.15, 0.2) is 24.3 Å². The molecule has 1 aliphatic rings. The van der Waals surface area contributed by atoms with Crippen LogP contribution in [0.25, 0.3) is 0 Å². The van der Waals surface area contributed by atoms with Crippen LogP contribution < -0.4 is 0 Å². The Morgan fingerprint density at radius 3 is 2.74 bits per heavy atom. The zero-order chi connectivity index (χ0) is 13.5. The summed E-state index contributed by atoms with van der Waals surface area (Å²) in [6.07, 6.45) is 2.61. The molecule has 0 spiro atoms. The van der Waals surface area contributed by atoms with E-state index in [0.717, 1.165) is 38.0 Å². The summed E-state index contributed by atoms with van der Waals surface area (Å²) in [6, 6.07) is 8.16. The Labute approximate surface area is 115 Å². The zero-order valence-corrected chi connectivity index (χ0v) is 11.4. The molecule has 1 aromatic rings. The van der Waals surface area contributed by atoms with Crippen molar-refractivity contribution in [3.8, 4) is 11.8 Å². The highest BCUT2D eigenvalue weighted by Crippen LogP contribution is 2.17. The summed E-state index contributed by atoms with van der Waals surface area (Å²) in [5.74, 6) is 5.75. The Morgan fingerprint density at radius 1 is 1.32 bits per heavy atom. The van der Waals surface area contributed by atoms with Crippen molar-refractivity contribution >= 4 is 0 Å². The average Bonchev–Trinajstić information content (AvgIpc) is 2.47. The molecule has 0 bridgehead atoms. The molecule has 1 aliphatic heterocycles. The van der Waals surface area contributed by atoms with Crippen LogP contribution >= 0.6 is 0 Å². The van der Waals surface area contributed by atoms with Gasteiger partial charge in [0.2, 0.25) is 0 Å². The fraction of sp³-hybridized carbons (Fsp3) is 0.500. The highest BCUT2D eigenvalue weighted by molar-refractivity contribution is 5.41. The van der Waals surface area contributed by atoms with Gasteiger partial charge in [-0.2, -0.15) is 0 Å². The van der Waals surface area contributed by atoms with Crippen molar-refractivity contribution in [2.75, 3.05) is 26.8 Å². The second kappa shape index (κ2) is 7.30. The summed E-state index contributed by atoms with van der Waals surface area (Å²) >= 11 is 0. The van der Waals surface area contributed by atoms with Gasteiger partial charge in [0.1, 0.15) is 6.61 Å². The summed E-state index contributed by atoms with van der Waals surface area (Å²) in [6.45, 7) is 2.97. The maximum absolute atomic E-state index is 8.80. The monoisotopic (exact) mass is 259 g/mol. The van der Waals surface area contributed by atoms with Crippen LogP contribution in [0.2, 0.25) is 0 Å². The van der Waals surface area contributed by atoms with Gasteiger partial charge in [0.15, 0.2) is 0 Å². The molecule has 0 radical (unpaired) electrons. The zero-order valence-electron chi connectivity index (χ0n) is 11.4. The van der Waals surface area contributed by atoms with Crippen molar-refractivity contribution in [1.82, 2.24) is 4.90 Å². The van der Waals surface area contributed by atoms with Gasteiger partial charge in [-0.05, 0) is 24.5 Å². The van der Waals surface area contributed by atoms with E-state index in [-0.39, 0.29) is 6.61 Å². The average molecular weight is 259 g/mol. The Bertz CT molecular complexity index is 453. The van der Waals surface area contributed by atoms with Gasteiger partial charge in [-0.25, -0.2) is 0 Å². The number of rotatable bonds is 3. The maximum atomic E-state index is 8.80. The fourth-order valence-electron chi connectivity index (χ4n) is 2.46. The van der Waals surface area contributed by atoms with Crippen LogP contribution in [0.3, 0.4) is 0 Å². The number of aliphatic hydroxyl groups is 1. The van der Waals surface area contributed by atoms with E-state index in [4.69, 9.17) is 9.84 Å². The van der Waals surface area contributed by atoms with Crippen LogP contribution in [-0.4, -0.2) is 42.9 Å². The molecule has 0 atom stereocenters. The van der Waals surface area contributed by atoms with Crippen molar-refractivity contribution in [3.63, 3.8) is 0 Å². The molecule has 3 heteroatoms. The number of aliphatic hydroxyl groups excluding tert-OH is 1. The smallest absolute Gasteiger partial charge is 0.104 e. The van der Waals surface area contributed by atoms with Gasteiger partial charge in [0.25, 0.3) is 0 Å². The number of benzene rings is 1. The molecular formula is C16H21NO2. The first kappa shape index (κ1) is 14.1. The van der Waals surface area contributed by atoms with E-state index in [9.17, 15) is 0 Å². The quantitative estimate of drug-likeness (QED) is 0.838. The molecule has 0 amide bonds. The summed E-state index contributed by atoms with van der Waals surface area (Å²) in [7, 11) is 1.79. The molecule has 0 aliphatic carbocycles. The summed E-state index contributed by atoms with van der Waals surface area (Å²) in [5.41, 5.74) is 2.25. The fourth-order valence-corrected chi connectivity index (χ4v) is 2.46. The van der Waals surface area contributed by atoms with Crippen LogP contribution in [0.1, 0.15) is 24.0 Å². The Balaban J connectivity index is 1.99. The predicted octanol–water partition coefficient (Wildman–Crippen LogP) is 1.64. The number of hydrogen-bond acceptors (Lipinski definition) is 3. The first-order valence-electron chi connectivity index (χ1n) is 6.76. The molecule has 0 unspecified atom stereocenters. The SMILES string of the molecule is COC1CCN(Cc2ccccc2C#CCO)CC1. The lowest BCUT2D eigenvalue weighted by Crippen LogP contribution is -2.36. The number of likely N-dealkylation sites (tertiary alicyclic amines) is 1. The van der Waals surface area contributed by atoms with Crippen molar-refractivity contribution in [1.29, 1.82) is 0 Å². The molecule has 0 aromatic heterocycles. The van der Waals surface area contributed by atoms with Crippen molar-refractivity contribution in [2.45, 2.75) is 25.5 Å². The molecule has 0 saturated carbocycles. The first-order chi connectivity index (χ1) is 9.33. The minimum Gasteiger partial charge on any atom is -0.384 e. The summed E-state index contributed by atoms with van der Waals surface area (Å²) in [5, 5.41) is 8.80. The minimum absolute atomic E-state index is 0.0897. The number of ether oxygens (including phenoxy) is 1. The van der Waals surface area contributed by atoms with Crippen molar-refractivity contribution in [2.24, 2.45) is 0 Å². The molecule has 2 rings (SSSR count). The van der Waals surface area contributed by atoms with Crippen LogP contribution in [0.4, 0.5) is 0 Å². The van der Waals surface area contributed by atoms with Gasteiger partial charge in [-0.1, -0.05) is 30.0 Å². The van der Waals surface area contributed by atoms with Gasteiger partial charge in [-0.3, -0.25) is 4.90 Å². The molecule has 1 saturated heterocycles. The van der Waals surface area contributed by atoms with Gasteiger partial charge in [0.05, 0.1) is 6.10 Å². The Kier molecular flexibility index (Phi) is 5.41. The topological polar surface area (TPSA) is 32.7 Å². The van der Waals surface area contributed by atoms with E-state index in [1.54, 1.807) is 7.11 Å². The maximum Gasteiger partial charge on any atom is 0.104 e. The molecule has 102 valence electrons. The number of hydrogen-bond donors (Lipinski definition) is 1. The van der Waals surface area contributed by atoms with Crippen LogP contribution in [-0.2, 0) is 11.3 Å². The van der Waals surface area contributed by atoms with E-state index in [1.807, 2.05) is 18.2 Å². The highest BCUT2D eigenvalue weighted by atomic mass is 16.5. The van der Waals surface area contributed by atoms with Gasteiger partial charge >= 0.3 is 0 Å². The molecule has 1 N–H and O–H groups in total. The van der Waals surface area contributed by atoms with E-state index < -0.39 is 0 Å². The lowest BCUT2D eigenvalue weighted by molar-refractivity contribution is 0.0388. The van der Waals surface area contributed by atoms with E-state index in [2.05, 4.69) is 22.8 Å². The number of piperidine rings is 1. The molecule has 19 heavy (non-hydrogen) atoms. The highest BCUT2D eigenvalue weighted by Gasteiger charge is 2.18. The third-order valence-electron chi connectivity index (χ3n) is 3.58. The van der Waals surface area contributed by atoms with Crippen molar-refractivity contribution in [3.05, 3.63) is 35.4 Å². The summed E-state index contributed by atoms with van der Waals surface area (Å²) < 4.78 is 5.39. The molecular weight excluding hydrogens is 238 g/mol. The third kappa shape index (κ3) is 4.07. The molecule has 1 aromatic carbocycles. The summed E-state index contributed by atoms with van der Waals surface area (Å²) in [4.78, 5) is 2.44. The van der Waals surface area contributed by atoms with Gasteiger partial charge in [-0.15, -0.1) is 0 Å². The normalized spacial score (nSPS) is 16.9. The second-order valence-electron chi connectivity index (χ2n) is 4.83. The lowest BCUT2D eigenvalue weighted by atomic mass is 10.0. The standard InChI is InChI=1S/C16H21NO2/c1-19-16-8-10-17(11-9-16)13-15-6-3-2-5-14(15)7-4-12-18/h2-3,5-6,16,18H,8-13H2,1H3. The Morgan fingerprint density at radius 2 is 2.05 bits per heavy atom. The molecule has 3 nitrogen and oxygen atoms in total. The molecule has 1 heterocycles. The van der Waals surface area contributed by atoms with E-state index >= 15 is 0 Å². The minimum atomic E-state index is -0.0897. The number of methoxy groups -OCH3 is 1. The first-order valence-corrected chi connectivity index (χ1v) is 6.76. The third-order valence-corrected chi connectivity index (χ3v) is 3.58. The largest absolute Gasteiger partial charge is 0.384 e. The van der Waals surface area contributed by atoms with E-state index in [0.29, 0.717) is 6.10 Å².